The molecule has 0 aliphatic carbocycles. The van der Waals surface area contributed by atoms with Crippen molar-refractivity contribution in [1.29, 1.82) is 0 Å². The molecule has 0 saturated heterocycles. The van der Waals surface area contributed by atoms with E-state index in [1.165, 1.54) is 6.07 Å². The van der Waals surface area contributed by atoms with E-state index < -0.39 is 9.05 Å². The molecule has 106 valence electrons. The van der Waals surface area contributed by atoms with Gasteiger partial charge in [-0.25, -0.2) is 8.42 Å². The van der Waals surface area contributed by atoms with Crippen LogP contribution in [-0.2, 0) is 15.5 Å². The fourth-order valence-electron chi connectivity index (χ4n) is 1.62. The summed E-state index contributed by atoms with van der Waals surface area (Å²) < 4.78 is 23.0. The van der Waals surface area contributed by atoms with Crippen molar-refractivity contribution in [2.45, 2.75) is 44.6 Å². The lowest BCUT2D eigenvalue weighted by Gasteiger charge is -2.12. The minimum Gasteiger partial charge on any atom is -0.350 e. The molecule has 0 aliphatic heterocycles. The Labute approximate surface area is 118 Å². The normalized spacial score (nSPS) is 13.1. The highest BCUT2D eigenvalue weighted by atomic mass is 35.7. The van der Waals surface area contributed by atoms with Gasteiger partial charge >= 0.3 is 0 Å². The summed E-state index contributed by atoms with van der Waals surface area (Å²) in [5.74, 6) is -0.293. The molecule has 0 radical (unpaired) electrons. The van der Waals surface area contributed by atoms with Gasteiger partial charge in [-0.15, -0.1) is 0 Å². The van der Waals surface area contributed by atoms with Crippen LogP contribution >= 0.6 is 10.7 Å². The van der Waals surface area contributed by atoms with Crippen LogP contribution in [0.4, 0.5) is 0 Å². The molecule has 1 N–H and O–H groups in total. The van der Waals surface area contributed by atoms with Crippen molar-refractivity contribution in [2.75, 3.05) is 0 Å². The highest BCUT2D eigenvalue weighted by Gasteiger charge is 2.18. The lowest BCUT2D eigenvalue weighted by Crippen LogP contribution is -2.32. The SMILES string of the molecule is CCc1ccc(C(=O)NC(C)CC)cc1S(=O)(=O)Cl. The van der Waals surface area contributed by atoms with E-state index in [1.54, 1.807) is 12.1 Å². The van der Waals surface area contributed by atoms with Crippen LogP contribution in [0.1, 0.15) is 43.1 Å². The van der Waals surface area contributed by atoms with E-state index in [4.69, 9.17) is 10.7 Å². The zero-order valence-corrected chi connectivity index (χ0v) is 12.8. The lowest BCUT2D eigenvalue weighted by atomic mass is 10.1. The predicted octanol–water partition coefficient (Wildman–Crippen LogP) is 2.70. The number of benzene rings is 1. The average molecular weight is 304 g/mol. The molecule has 0 fully saturated rings. The molecule has 1 unspecified atom stereocenters. The van der Waals surface area contributed by atoms with Crippen LogP contribution in [0.3, 0.4) is 0 Å². The first-order chi connectivity index (χ1) is 8.79. The van der Waals surface area contributed by atoms with Gasteiger partial charge in [-0.2, -0.15) is 0 Å². The summed E-state index contributed by atoms with van der Waals surface area (Å²) in [6, 6.07) is 4.61. The number of halogens is 1. The van der Waals surface area contributed by atoms with E-state index >= 15 is 0 Å². The van der Waals surface area contributed by atoms with Gasteiger partial charge in [0.05, 0.1) is 4.90 Å². The molecule has 0 bridgehead atoms. The van der Waals surface area contributed by atoms with Crippen LogP contribution in [0.25, 0.3) is 0 Å². The minimum atomic E-state index is -3.84. The number of rotatable bonds is 5. The third-order valence-electron chi connectivity index (χ3n) is 2.96. The summed E-state index contributed by atoms with van der Waals surface area (Å²) in [6.45, 7) is 5.68. The Balaban J connectivity index is 3.16. The minimum absolute atomic E-state index is 0.00784. The number of nitrogens with one attached hydrogen (secondary N) is 1. The maximum Gasteiger partial charge on any atom is 0.261 e. The molecular formula is C13H18ClNO3S. The maximum atomic E-state index is 11.9. The second kappa shape index (κ2) is 6.39. The molecule has 0 saturated carbocycles. The Kier molecular flexibility index (Phi) is 5.38. The van der Waals surface area contributed by atoms with Crippen molar-refractivity contribution >= 4 is 25.6 Å². The fraction of sp³-hybridized carbons (Fsp3) is 0.462. The smallest absolute Gasteiger partial charge is 0.261 e. The van der Waals surface area contributed by atoms with Crippen LogP contribution in [0.2, 0.25) is 0 Å². The third kappa shape index (κ3) is 4.21. The van der Waals surface area contributed by atoms with Crippen molar-refractivity contribution in [3.8, 4) is 0 Å². The predicted molar refractivity (Wildman–Crippen MR) is 76.1 cm³/mol. The van der Waals surface area contributed by atoms with Crippen LogP contribution in [0.15, 0.2) is 23.1 Å². The monoisotopic (exact) mass is 303 g/mol. The Morgan fingerprint density at radius 2 is 2.00 bits per heavy atom. The van der Waals surface area contributed by atoms with Crippen LogP contribution in [0.5, 0.6) is 0 Å². The second-order valence-electron chi connectivity index (χ2n) is 4.40. The van der Waals surface area contributed by atoms with Gasteiger partial charge < -0.3 is 5.32 Å². The molecule has 19 heavy (non-hydrogen) atoms. The van der Waals surface area contributed by atoms with E-state index in [0.717, 1.165) is 6.42 Å². The highest BCUT2D eigenvalue weighted by Crippen LogP contribution is 2.22. The van der Waals surface area contributed by atoms with Crippen molar-refractivity contribution < 1.29 is 13.2 Å². The van der Waals surface area contributed by atoms with Crippen LogP contribution < -0.4 is 5.32 Å². The van der Waals surface area contributed by atoms with Crippen molar-refractivity contribution in [2.24, 2.45) is 0 Å². The van der Waals surface area contributed by atoms with Gasteiger partial charge in [0.1, 0.15) is 0 Å². The maximum absolute atomic E-state index is 11.9. The Morgan fingerprint density at radius 3 is 2.47 bits per heavy atom. The van der Waals surface area contributed by atoms with Gasteiger partial charge in [0.25, 0.3) is 15.0 Å². The fourth-order valence-corrected chi connectivity index (χ4v) is 2.85. The van der Waals surface area contributed by atoms with E-state index in [0.29, 0.717) is 17.5 Å². The summed E-state index contributed by atoms with van der Waals surface area (Å²) in [5.41, 5.74) is 0.909. The molecule has 0 spiro atoms. The van der Waals surface area contributed by atoms with Crippen LogP contribution in [-0.4, -0.2) is 20.4 Å². The molecule has 1 atom stereocenters. The zero-order valence-electron chi connectivity index (χ0n) is 11.2. The van der Waals surface area contributed by atoms with Gasteiger partial charge in [-0.1, -0.05) is 19.9 Å². The van der Waals surface area contributed by atoms with E-state index in [9.17, 15) is 13.2 Å². The Bertz CT molecular complexity index is 569. The molecule has 1 aromatic carbocycles. The largest absolute Gasteiger partial charge is 0.350 e. The standard InChI is InChI=1S/C13H18ClNO3S/c1-4-9(3)15-13(16)11-7-6-10(5-2)12(8-11)19(14,17)18/h6-9H,4-5H2,1-3H3,(H,15,16). The van der Waals surface area contributed by atoms with Gasteiger partial charge in [-0.05, 0) is 37.5 Å². The average Bonchev–Trinajstić information content (AvgIpc) is 2.36. The van der Waals surface area contributed by atoms with Gasteiger partial charge in [0.15, 0.2) is 0 Å². The second-order valence-corrected chi connectivity index (χ2v) is 6.93. The van der Waals surface area contributed by atoms with Gasteiger partial charge in [-0.3, -0.25) is 4.79 Å². The summed E-state index contributed by atoms with van der Waals surface area (Å²) in [7, 11) is 1.55. The zero-order chi connectivity index (χ0) is 14.6. The van der Waals surface area contributed by atoms with Crippen molar-refractivity contribution in [3.05, 3.63) is 29.3 Å². The number of amides is 1. The number of hydrogen-bond donors (Lipinski definition) is 1. The van der Waals surface area contributed by atoms with Crippen molar-refractivity contribution in [3.63, 3.8) is 0 Å². The third-order valence-corrected chi connectivity index (χ3v) is 4.37. The quantitative estimate of drug-likeness (QED) is 0.851. The highest BCUT2D eigenvalue weighted by molar-refractivity contribution is 8.13. The van der Waals surface area contributed by atoms with Crippen molar-refractivity contribution in [1.82, 2.24) is 5.32 Å². The summed E-state index contributed by atoms with van der Waals surface area (Å²) in [5, 5.41) is 2.79. The first kappa shape index (κ1) is 16.0. The van der Waals surface area contributed by atoms with Gasteiger partial charge in [0, 0.05) is 22.3 Å². The number of hydrogen-bond acceptors (Lipinski definition) is 3. The van der Waals surface area contributed by atoms with E-state index in [1.807, 2.05) is 20.8 Å². The Morgan fingerprint density at radius 1 is 1.37 bits per heavy atom. The molecule has 1 amide bonds. The summed E-state index contributed by atoms with van der Waals surface area (Å²) in [4.78, 5) is 12.0. The number of carbonyl (C=O) groups is 1. The molecule has 0 heterocycles. The van der Waals surface area contributed by atoms with E-state index in [2.05, 4.69) is 5.32 Å². The summed E-state index contributed by atoms with van der Waals surface area (Å²) in [6.07, 6.45) is 1.34. The summed E-state index contributed by atoms with van der Waals surface area (Å²) >= 11 is 0. The number of aryl methyl sites for hydroxylation is 1. The van der Waals surface area contributed by atoms with E-state index in [-0.39, 0.29) is 16.8 Å². The topological polar surface area (TPSA) is 63.2 Å². The Hall–Kier alpha value is -1.07. The first-order valence-electron chi connectivity index (χ1n) is 6.18. The molecular weight excluding hydrogens is 286 g/mol. The molecule has 6 heteroatoms. The molecule has 1 aromatic rings. The van der Waals surface area contributed by atoms with Gasteiger partial charge in [0.2, 0.25) is 0 Å². The van der Waals surface area contributed by atoms with Crippen LogP contribution in [0, 0.1) is 0 Å². The molecule has 0 aromatic heterocycles. The molecule has 1 rings (SSSR count). The molecule has 4 nitrogen and oxygen atoms in total. The molecule has 0 aliphatic rings. The number of carbonyl (C=O) groups excluding carboxylic acids is 1. The lowest BCUT2D eigenvalue weighted by molar-refractivity contribution is 0.0939. The first-order valence-corrected chi connectivity index (χ1v) is 8.49.